The Balaban J connectivity index is 1.89. The molecule has 1 saturated heterocycles. The van der Waals surface area contributed by atoms with Gasteiger partial charge in [0, 0.05) is 18.5 Å². The van der Waals surface area contributed by atoms with Crippen LogP contribution in [0.3, 0.4) is 0 Å². The molecule has 2 aliphatic rings. The van der Waals surface area contributed by atoms with E-state index in [0.29, 0.717) is 11.8 Å². The molecule has 1 unspecified atom stereocenters. The van der Waals surface area contributed by atoms with Gasteiger partial charge in [-0.3, -0.25) is 4.79 Å². The number of likely N-dealkylation sites (tertiary alicyclic amines) is 1. The lowest BCUT2D eigenvalue weighted by molar-refractivity contribution is -0.138. The molecule has 3 nitrogen and oxygen atoms in total. The van der Waals surface area contributed by atoms with Gasteiger partial charge in [-0.2, -0.15) is 0 Å². The number of nitrogens with one attached hydrogen (secondary N) is 1. The number of hydrogen-bond donors (Lipinski definition) is 1. The summed E-state index contributed by atoms with van der Waals surface area (Å²) in [5, 5.41) is 3.21. The molecular formula is C12H22N2O. The van der Waals surface area contributed by atoms with E-state index in [0.717, 1.165) is 32.5 Å². The highest BCUT2D eigenvalue weighted by Crippen LogP contribution is 2.46. The van der Waals surface area contributed by atoms with E-state index < -0.39 is 0 Å². The summed E-state index contributed by atoms with van der Waals surface area (Å²) >= 11 is 0. The molecule has 86 valence electrons. The van der Waals surface area contributed by atoms with Gasteiger partial charge >= 0.3 is 0 Å². The van der Waals surface area contributed by atoms with Gasteiger partial charge in [-0.15, -0.1) is 0 Å². The standard InChI is InChI=1S/C12H22N2O/c1-12(5-6-12)11(15)14-7-3-4-10(9-14)8-13-2/h10,13H,3-9H2,1-2H3. The molecule has 0 aromatic carbocycles. The number of hydrogen-bond acceptors (Lipinski definition) is 2. The number of carbonyl (C=O) groups excluding carboxylic acids is 1. The molecule has 0 bridgehead atoms. The molecule has 3 heteroatoms. The minimum Gasteiger partial charge on any atom is -0.342 e. The first-order valence-corrected chi connectivity index (χ1v) is 6.10. The molecule has 0 radical (unpaired) electrons. The van der Waals surface area contributed by atoms with Crippen LogP contribution in [0.1, 0.15) is 32.6 Å². The number of piperidine rings is 1. The van der Waals surface area contributed by atoms with Gasteiger partial charge in [-0.1, -0.05) is 6.92 Å². The predicted octanol–water partition coefficient (Wildman–Crippen LogP) is 1.24. The van der Waals surface area contributed by atoms with Crippen LogP contribution in [0.4, 0.5) is 0 Å². The minimum atomic E-state index is 0.0154. The Morgan fingerprint density at radius 1 is 1.53 bits per heavy atom. The van der Waals surface area contributed by atoms with Crippen molar-refractivity contribution in [2.75, 3.05) is 26.7 Å². The Bertz CT molecular complexity index is 246. The highest BCUT2D eigenvalue weighted by atomic mass is 16.2. The number of carbonyl (C=O) groups is 1. The van der Waals surface area contributed by atoms with Crippen LogP contribution >= 0.6 is 0 Å². The first kappa shape index (κ1) is 10.9. The van der Waals surface area contributed by atoms with Crippen molar-refractivity contribution in [3.8, 4) is 0 Å². The predicted molar refractivity (Wildman–Crippen MR) is 60.6 cm³/mol. The van der Waals surface area contributed by atoms with Crippen LogP contribution in [0.15, 0.2) is 0 Å². The fourth-order valence-electron chi connectivity index (χ4n) is 2.49. The van der Waals surface area contributed by atoms with Crippen LogP contribution in [-0.4, -0.2) is 37.5 Å². The van der Waals surface area contributed by atoms with Crippen LogP contribution in [-0.2, 0) is 4.79 Å². The summed E-state index contributed by atoms with van der Waals surface area (Å²) in [5.74, 6) is 1.07. The maximum atomic E-state index is 12.1. The van der Waals surface area contributed by atoms with Gasteiger partial charge in [0.15, 0.2) is 0 Å². The van der Waals surface area contributed by atoms with Gasteiger partial charge in [-0.05, 0) is 45.2 Å². The van der Waals surface area contributed by atoms with E-state index in [1.54, 1.807) is 0 Å². The van der Waals surface area contributed by atoms with E-state index in [4.69, 9.17) is 0 Å². The molecule has 1 aliphatic heterocycles. The van der Waals surface area contributed by atoms with Crippen molar-refractivity contribution in [1.29, 1.82) is 0 Å². The molecule has 1 saturated carbocycles. The van der Waals surface area contributed by atoms with Crippen molar-refractivity contribution in [1.82, 2.24) is 10.2 Å². The van der Waals surface area contributed by atoms with E-state index in [1.807, 2.05) is 7.05 Å². The van der Waals surface area contributed by atoms with Crippen molar-refractivity contribution >= 4 is 5.91 Å². The third-order valence-corrected chi connectivity index (χ3v) is 3.82. The molecule has 1 N–H and O–H groups in total. The molecule has 0 aromatic heterocycles. The van der Waals surface area contributed by atoms with E-state index in [1.165, 1.54) is 12.8 Å². The summed E-state index contributed by atoms with van der Waals surface area (Å²) in [6.45, 7) is 5.10. The fourth-order valence-corrected chi connectivity index (χ4v) is 2.49. The van der Waals surface area contributed by atoms with E-state index >= 15 is 0 Å². The maximum absolute atomic E-state index is 12.1. The monoisotopic (exact) mass is 210 g/mol. The van der Waals surface area contributed by atoms with Crippen LogP contribution in [0.25, 0.3) is 0 Å². The van der Waals surface area contributed by atoms with E-state index in [2.05, 4.69) is 17.1 Å². The summed E-state index contributed by atoms with van der Waals surface area (Å²) in [7, 11) is 1.99. The third-order valence-electron chi connectivity index (χ3n) is 3.82. The zero-order valence-electron chi connectivity index (χ0n) is 9.88. The minimum absolute atomic E-state index is 0.0154. The quantitative estimate of drug-likeness (QED) is 0.760. The molecule has 0 aromatic rings. The average molecular weight is 210 g/mol. The van der Waals surface area contributed by atoms with Crippen molar-refractivity contribution in [2.45, 2.75) is 32.6 Å². The first-order valence-electron chi connectivity index (χ1n) is 6.10. The van der Waals surface area contributed by atoms with Gasteiger partial charge in [0.1, 0.15) is 0 Å². The smallest absolute Gasteiger partial charge is 0.228 e. The topological polar surface area (TPSA) is 32.3 Å². The second kappa shape index (κ2) is 4.12. The second-order valence-corrected chi connectivity index (χ2v) is 5.38. The number of rotatable bonds is 3. The third kappa shape index (κ3) is 2.33. The molecule has 2 fully saturated rings. The Kier molecular flexibility index (Phi) is 3.01. The van der Waals surface area contributed by atoms with Crippen LogP contribution in [0.2, 0.25) is 0 Å². The van der Waals surface area contributed by atoms with Crippen LogP contribution in [0, 0.1) is 11.3 Å². The average Bonchev–Trinajstić information content (AvgIpc) is 2.98. The molecule has 1 amide bonds. The van der Waals surface area contributed by atoms with Crippen molar-refractivity contribution in [3.63, 3.8) is 0 Å². The number of nitrogens with zero attached hydrogens (tertiary/aromatic N) is 1. The van der Waals surface area contributed by atoms with E-state index in [-0.39, 0.29) is 5.41 Å². The summed E-state index contributed by atoms with van der Waals surface area (Å²) in [5.41, 5.74) is 0.0154. The second-order valence-electron chi connectivity index (χ2n) is 5.38. The van der Waals surface area contributed by atoms with Gasteiger partial charge in [-0.25, -0.2) is 0 Å². The molecule has 1 heterocycles. The highest BCUT2D eigenvalue weighted by Gasteiger charge is 2.47. The Hall–Kier alpha value is -0.570. The van der Waals surface area contributed by atoms with Gasteiger partial charge in [0.2, 0.25) is 5.91 Å². The largest absolute Gasteiger partial charge is 0.342 e. The summed E-state index contributed by atoms with van der Waals surface area (Å²) in [6, 6.07) is 0. The van der Waals surface area contributed by atoms with Crippen molar-refractivity contribution in [3.05, 3.63) is 0 Å². The van der Waals surface area contributed by atoms with Crippen LogP contribution in [0.5, 0.6) is 0 Å². The summed E-state index contributed by atoms with van der Waals surface area (Å²) in [4.78, 5) is 14.2. The Labute approximate surface area is 92.2 Å². The highest BCUT2D eigenvalue weighted by molar-refractivity contribution is 5.85. The lowest BCUT2D eigenvalue weighted by Gasteiger charge is -2.34. The summed E-state index contributed by atoms with van der Waals surface area (Å²) in [6.07, 6.45) is 4.63. The molecule has 0 spiro atoms. The van der Waals surface area contributed by atoms with E-state index in [9.17, 15) is 4.79 Å². The zero-order chi connectivity index (χ0) is 10.9. The summed E-state index contributed by atoms with van der Waals surface area (Å²) < 4.78 is 0. The SMILES string of the molecule is CNCC1CCCN(C(=O)C2(C)CC2)C1. The van der Waals surface area contributed by atoms with Crippen LogP contribution < -0.4 is 5.32 Å². The number of amides is 1. The Morgan fingerprint density at radius 3 is 2.87 bits per heavy atom. The lowest BCUT2D eigenvalue weighted by Crippen LogP contribution is -2.45. The fraction of sp³-hybridized carbons (Fsp3) is 0.917. The molecular weight excluding hydrogens is 188 g/mol. The molecule has 1 atom stereocenters. The first-order chi connectivity index (χ1) is 7.15. The van der Waals surface area contributed by atoms with Crippen molar-refractivity contribution < 1.29 is 4.79 Å². The lowest BCUT2D eigenvalue weighted by atomic mass is 9.96. The van der Waals surface area contributed by atoms with Gasteiger partial charge < -0.3 is 10.2 Å². The maximum Gasteiger partial charge on any atom is 0.228 e. The van der Waals surface area contributed by atoms with Gasteiger partial charge in [0.25, 0.3) is 0 Å². The molecule has 15 heavy (non-hydrogen) atoms. The van der Waals surface area contributed by atoms with Gasteiger partial charge in [0.05, 0.1) is 0 Å². The molecule has 2 rings (SSSR count). The molecule has 1 aliphatic carbocycles. The normalized spacial score (nSPS) is 28.9. The Morgan fingerprint density at radius 2 is 2.27 bits per heavy atom. The van der Waals surface area contributed by atoms with Crippen molar-refractivity contribution in [2.24, 2.45) is 11.3 Å². The zero-order valence-corrected chi connectivity index (χ0v) is 9.88.